The summed E-state index contributed by atoms with van der Waals surface area (Å²) in [5, 5.41) is 4.11. The number of para-hydroxylation sites is 4. The molecule has 0 atom stereocenters. The van der Waals surface area contributed by atoms with Crippen LogP contribution in [-0.2, 0) is 6.54 Å². The van der Waals surface area contributed by atoms with Crippen LogP contribution in [0, 0.1) is 0 Å². The molecular formula is C56H37N3O3. The smallest absolute Gasteiger partial charge is 0.228 e. The van der Waals surface area contributed by atoms with Gasteiger partial charge in [0, 0.05) is 50.7 Å². The molecule has 12 rings (SSSR count). The molecule has 0 bridgehead atoms. The van der Waals surface area contributed by atoms with Gasteiger partial charge in [-0.15, -0.1) is 0 Å². The van der Waals surface area contributed by atoms with Gasteiger partial charge in [0.2, 0.25) is 5.89 Å². The third-order valence-corrected chi connectivity index (χ3v) is 11.8. The summed E-state index contributed by atoms with van der Waals surface area (Å²) in [4.78, 5) is 10.0. The third-order valence-electron chi connectivity index (χ3n) is 11.8. The molecule has 0 saturated carbocycles. The molecule has 0 saturated heterocycles. The first-order chi connectivity index (χ1) is 30.7. The van der Waals surface area contributed by atoms with Gasteiger partial charge in [-0.2, -0.15) is 0 Å². The van der Waals surface area contributed by atoms with E-state index in [4.69, 9.17) is 18.2 Å². The SMILES string of the molecule is c1ccc(-c2ccccc2CN(c2ccccc2)c2cc(N(c3ccccc3)c3ccc4oc5ccccc5c4c3)cc3nc(-c4cccc5oc6ccccc6c45)oc23)cc1. The van der Waals surface area contributed by atoms with E-state index in [1.54, 1.807) is 0 Å². The van der Waals surface area contributed by atoms with Gasteiger partial charge >= 0.3 is 0 Å². The van der Waals surface area contributed by atoms with Gasteiger partial charge in [0.1, 0.15) is 27.8 Å². The standard InChI is InChI=1S/C56H37N3O3/c1-4-17-37(18-5-1)43-24-11-10-19-38(43)36-58(39-20-6-2-7-21-39)49-35-42(34-48-55(49)62-56(57-48)46-27-16-30-53-54(46)45-26-13-15-29-51(45)61-53)59(40-22-8-3-9-23-40)41-31-32-52-47(33-41)44-25-12-14-28-50(44)60-52/h1-35H,36H2. The molecule has 0 radical (unpaired) electrons. The first kappa shape index (κ1) is 35.6. The second kappa shape index (κ2) is 14.7. The Balaban J connectivity index is 1.12. The number of fused-ring (bicyclic) bond motifs is 7. The minimum Gasteiger partial charge on any atom is -0.456 e. The normalized spacial score (nSPS) is 11.6. The van der Waals surface area contributed by atoms with E-state index in [0.29, 0.717) is 18.0 Å². The van der Waals surface area contributed by atoms with E-state index in [1.807, 2.05) is 42.5 Å². The zero-order valence-corrected chi connectivity index (χ0v) is 33.5. The lowest BCUT2D eigenvalue weighted by atomic mass is 9.99. The van der Waals surface area contributed by atoms with Crippen molar-refractivity contribution >= 4 is 83.4 Å². The van der Waals surface area contributed by atoms with E-state index in [9.17, 15) is 0 Å². The second-order valence-corrected chi connectivity index (χ2v) is 15.5. The molecule has 294 valence electrons. The van der Waals surface area contributed by atoms with Gasteiger partial charge in [0.25, 0.3) is 0 Å². The zero-order valence-electron chi connectivity index (χ0n) is 33.5. The molecule has 6 nitrogen and oxygen atoms in total. The lowest BCUT2D eigenvalue weighted by Gasteiger charge is -2.30. The lowest BCUT2D eigenvalue weighted by molar-refractivity contribution is 0.619. The first-order valence-electron chi connectivity index (χ1n) is 20.8. The van der Waals surface area contributed by atoms with Gasteiger partial charge in [0.15, 0.2) is 5.58 Å². The Bertz CT molecular complexity index is 3570. The summed E-state index contributed by atoms with van der Waals surface area (Å²) in [6, 6.07) is 73.5. The Morgan fingerprint density at radius 3 is 1.82 bits per heavy atom. The summed E-state index contributed by atoms with van der Waals surface area (Å²) in [6.07, 6.45) is 0. The summed E-state index contributed by atoms with van der Waals surface area (Å²) in [7, 11) is 0. The highest BCUT2D eigenvalue weighted by molar-refractivity contribution is 6.12. The Hall–Kier alpha value is -8.35. The van der Waals surface area contributed by atoms with Crippen LogP contribution in [0.15, 0.2) is 226 Å². The summed E-state index contributed by atoms with van der Waals surface area (Å²) >= 11 is 0. The fraction of sp³-hybridized carbons (Fsp3) is 0.0179. The maximum absolute atomic E-state index is 7.08. The molecule has 0 aliphatic rings. The number of nitrogens with zero attached hydrogens (tertiary/aromatic N) is 3. The molecule has 3 heterocycles. The van der Waals surface area contributed by atoms with E-state index >= 15 is 0 Å². The Labute approximate surface area is 357 Å². The van der Waals surface area contributed by atoms with Crippen LogP contribution < -0.4 is 9.80 Å². The van der Waals surface area contributed by atoms with Crippen molar-refractivity contribution < 1.29 is 13.3 Å². The molecule has 0 N–H and O–H groups in total. The Kier molecular flexibility index (Phi) is 8.45. The van der Waals surface area contributed by atoms with Gasteiger partial charge in [0.05, 0.1) is 11.4 Å². The predicted octanol–water partition coefficient (Wildman–Crippen LogP) is 15.8. The predicted molar refractivity (Wildman–Crippen MR) is 253 cm³/mol. The monoisotopic (exact) mass is 799 g/mol. The lowest BCUT2D eigenvalue weighted by Crippen LogP contribution is -2.18. The van der Waals surface area contributed by atoms with Gasteiger partial charge < -0.3 is 23.1 Å². The summed E-state index contributed by atoms with van der Waals surface area (Å²) < 4.78 is 19.7. The average Bonchev–Trinajstić information content (AvgIpc) is 4.05. The molecule has 0 spiro atoms. The zero-order chi connectivity index (χ0) is 41.0. The number of furan rings is 2. The molecule has 9 aromatic carbocycles. The van der Waals surface area contributed by atoms with Crippen LogP contribution in [0.4, 0.5) is 28.4 Å². The van der Waals surface area contributed by atoms with Crippen LogP contribution in [0.3, 0.4) is 0 Å². The molecule has 0 unspecified atom stereocenters. The summed E-state index contributed by atoms with van der Waals surface area (Å²) in [6.45, 7) is 0.559. The number of aromatic nitrogens is 1. The van der Waals surface area contributed by atoms with Crippen molar-refractivity contribution in [1.29, 1.82) is 0 Å². The van der Waals surface area contributed by atoms with Gasteiger partial charge in [-0.1, -0.05) is 133 Å². The van der Waals surface area contributed by atoms with Crippen molar-refractivity contribution in [3.8, 4) is 22.6 Å². The molecule has 3 aromatic heterocycles. The molecule has 0 aliphatic heterocycles. The van der Waals surface area contributed by atoms with E-state index < -0.39 is 0 Å². The van der Waals surface area contributed by atoms with Crippen molar-refractivity contribution in [1.82, 2.24) is 4.98 Å². The van der Waals surface area contributed by atoms with E-state index in [0.717, 1.165) is 89.0 Å². The van der Waals surface area contributed by atoms with Crippen LogP contribution in [0.2, 0.25) is 0 Å². The van der Waals surface area contributed by atoms with Crippen molar-refractivity contribution in [2.24, 2.45) is 0 Å². The molecule has 62 heavy (non-hydrogen) atoms. The molecule has 12 aromatic rings. The number of benzene rings is 9. The van der Waals surface area contributed by atoms with Crippen molar-refractivity contribution in [3.63, 3.8) is 0 Å². The average molecular weight is 800 g/mol. The first-order valence-corrected chi connectivity index (χ1v) is 20.8. The van der Waals surface area contributed by atoms with E-state index in [2.05, 4.69) is 180 Å². The molecule has 0 amide bonds. The molecular weight excluding hydrogens is 763 g/mol. The van der Waals surface area contributed by atoms with Gasteiger partial charge in [-0.05, 0) is 95.6 Å². The fourth-order valence-electron chi connectivity index (χ4n) is 8.93. The molecule has 0 fully saturated rings. The minimum atomic E-state index is 0.519. The quantitative estimate of drug-likeness (QED) is 0.145. The van der Waals surface area contributed by atoms with Crippen LogP contribution in [-0.4, -0.2) is 4.98 Å². The van der Waals surface area contributed by atoms with E-state index in [1.165, 1.54) is 11.1 Å². The fourth-order valence-corrected chi connectivity index (χ4v) is 8.93. The highest BCUT2D eigenvalue weighted by Crippen LogP contribution is 2.46. The van der Waals surface area contributed by atoms with Crippen LogP contribution in [0.5, 0.6) is 0 Å². The van der Waals surface area contributed by atoms with Crippen LogP contribution in [0.25, 0.3) is 77.6 Å². The summed E-state index contributed by atoms with van der Waals surface area (Å²) in [5.74, 6) is 0.519. The number of oxazole rings is 1. The number of rotatable bonds is 9. The number of hydrogen-bond donors (Lipinski definition) is 0. The van der Waals surface area contributed by atoms with Gasteiger partial charge in [-0.3, -0.25) is 0 Å². The topological polar surface area (TPSA) is 58.8 Å². The van der Waals surface area contributed by atoms with Crippen molar-refractivity contribution in [2.45, 2.75) is 6.54 Å². The van der Waals surface area contributed by atoms with Crippen molar-refractivity contribution in [3.05, 3.63) is 218 Å². The third kappa shape index (κ3) is 6.08. The Morgan fingerprint density at radius 2 is 1.02 bits per heavy atom. The largest absolute Gasteiger partial charge is 0.456 e. The highest BCUT2D eigenvalue weighted by Gasteiger charge is 2.25. The van der Waals surface area contributed by atoms with Crippen molar-refractivity contribution in [2.75, 3.05) is 9.80 Å². The highest BCUT2D eigenvalue weighted by atomic mass is 16.4. The maximum atomic E-state index is 7.08. The summed E-state index contributed by atoms with van der Waals surface area (Å²) in [5.41, 5.74) is 13.9. The maximum Gasteiger partial charge on any atom is 0.228 e. The second-order valence-electron chi connectivity index (χ2n) is 15.5. The van der Waals surface area contributed by atoms with E-state index in [-0.39, 0.29) is 0 Å². The molecule has 0 aliphatic carbocycles. The van der Waals surface area contributed by atoms with Crippen LogP contribution in [0.1, 0.15) is 5.56 Å². The van der Waals surface area contributed by atoms with Crippen LogP contribution >= 0.6 is 0 Å². The number of hydrogen-bond acceptors (Lipinski definition) is 6. The molecule has 6 heteroatoms. The Morgan fingerprint density at radius 1 is 0.403 bits per heavy atom. The van der Waals surface area contributed by atoms with Gasteiger partial charge in [-0.25, -0.2) is 4.98 Å². The number of anilines is 5. The minimum absolute atomic E-state index is 0.519.